The number of thioether (sulfide) groups is 1. The fourth-order valence-electron chi connectivity index (χ4n) is 3.66. The van der Waals surface area contributed by atoms with Crippen molar-refractivity contribution >= 4 is 39.5 Å². The lowest BCUT2D eigenvalue weighted by atomic mass is 10.0. The average Bonchev–Trinajstić information content (AvgIpc) is 2.81. The SMILES string of the molecule is Cc1ccc(SCC(=O)N(Cc2ccc(Br)cc2)[C@H](Cc2ccccc2)C(=O)NC(C)(C)C)cc1. The van der Waals surface area contributed by atoms with Crippen molar-refractivity contribution in [3.63, 3.8) is 0 Å². The molecule has 0 fully saturated rings. The minimum atomic E-state index is -0.633. The molecule has 0 unspecified atom stereocenters. The van der Waals surface area contributed by atoms with E-state index in [4.69, 9.17) is 0 Å². The maximum absolute atomic E-state index is 13.7. The monoisotopic (exact) mass is 552 g/mol. The van der Waals surface area contributed by atoms with E-state index in [0.717, 1.165) is 20.5 Å². The first-order chi connectivity index (χ1) is 16.6. The van der Waals surface area contributed by atoms with Crippen LogP contribution in [-0.4, -0.2) is 34.0 Å². The number of carbonyl (C=O) groups is 2. The maximum Gasteiger partial charge on any atom is 0.243 e. The van der Waals surface area contributed by atoms with Crippen molar-refractivity contribution in [2.45, 2.75) is 57.1 Å². The molecule has 0 aliphatic rings. The Morgan fingerprint density at radius 1 is 0.914 bits per heavy atom. The molecule has 0 aliphatic heterocycles. The highest BCUT2D eigenvalue weighted by molar-refractivity contribution is 9.10. The third kappa shape index (κ3) is 8.86. The second-order valence-corrected chi connectivity index (χ2v) is 11.7. The molecule has 2 amide bonds. The predicted molar refractivity (Wildman–Crippen MR) is 148 cm³/mol. The molecule has 0 heterocycles. The third-order valence-electron chi connectivity index (χ3n) is 5.42. The number of amides is 2. The lowest BCUT2D eigenvalue weighted by Crippen LogP contribution is -2.54. The van der Waals surface area contributed by atoms with Gasteiger partial charge in [-0.3, -0.25) is 9.59 Å². The smallest absolute Gasteiger partial charge is 0.243 e. The third-order valence-corrected chi connectivity index (χ3v) is 6.94. The molecular weight excluding hydrogens is 520 g/mol. The molecule has 3 rings (SSSR count). The zero-order chi connectivity index (χ0) is 25.4. The fourth-order valence-corrected chi connectivity index (χ4v) is 4.70. The van der Waals surface area contributed by atoms with Crippen molar-refractivity contribution in [1.29, 1.82) is 0 Å². The predicted octanol–water partition coefficient (Wildman–Crippen LogP) is 6.40. The minimum absolute atomic E-state index is 0.0662. The summed E-state index contributed by atoms with van der Waals surface area (Å²) in [7, 11) is 0. The summed E-state index contributed by atoms with van der Waals surface area (Å²) in [6, 6.07) is 25.3. The molecule has 0 aromatic heterocycles. The lowest BCUT2D eigenvalue weighted by Gasteiger charge is -2.34. The Morgan fingerprint density at radius 2 is 1.54 bits per heavy atom. The zero-order valence-corrected chi connectivity index (χ0v) is 23.2. The van der Waals surface area contributed by atoms with Gasteiger partial charge in [0.25, 0.3) is 0 Å². The van der Waals surface area contributed by atoms with E-state index in [2.05, 4.69) is 21.2 Å². The lowest BCUT2D eigenvalue weighted by molar-refractivity contribution is -0.140. The van der Waals surface area contributed by atoms with Gasteiger partial charge in [0.05, 0.1) is 5.75 Å². The number of nitrogens with zero attached hydrogens (tertiary/aromatic N) is 1. The van der Waals surface area contributed by atoms with Gasteiger partial charge in [-0.25, -0.2) is 0 Å². The fraction of sp³-hybridized carbons (Fsp3) is 0.310. The summed E-state index contributed by atoms with van der Waals surface area (Å²) < 4.78 is 0.973. The van der Waals surface area contributed by atoms with E-state index < -0.39 is 11.6 Å². The van der Waals surface area contributed by atoms with E-state index >= 15 is 0 Å². The van der Waals surface area contributed by atoms with E-state index in [0.29, 0.717) is 13.0 Å². The van der Waals surface area contributed by atoms with Gasteiger partial charge in [-0.15, -0.1) is 11.8 Å². The minimum Gasteiger partial charge on any atom is -0.350 e. The summed E-state index contributed by atoms with van der Waals surface area (Å²) in [5.74, 6) is 0.0452. The molecule has 4 nitrogen and oxygen atoms in total. The quantitative estimate of drug-likeness (QED) is 0.312. The van der Waals surface area contributed by atoms with Gasteiger partial charge in [0, 0.05) is 27.9 Å². The summed E-state index contributed by atoms with van der Waals surface area (Å²) in [6.45, 7) is 8.27. The Kier molecular flexibility index (Phi) is 9.58. The Hall–Kier alpha value is -2.57. The number of aryl methyl sites for hydroxylation is 1. The van der Waals surface area contributed by atoms with E-state index in [1.54, 1.807) is 4.90 Å². The zero-order valence-electron chi connectivity index (χ0n) is 20.8. The van der Waals surface area contributed by atoms with Crippen LogP contribution in [-0.2, 0) is 22.6 Å². The molecule has 0 saturated heterocycles. The highest BCUT2D eigenvalue weighted by Crippen LogP contribution is 2.22. The Labute approximate surface area is 221 Å². The van der Waals surface area contributed by atoms with Crippen molar-refractivity contribution < 1.29 is 9.59 Å². The molecule has 1 N–H and O–H groups in total. The molecule has 0 spiro atoms. The Balaban J connectivity index is 1.91. The molecule has 184 valence electrons. The molecule has 0 bridgehead atoms. The number of rotatable bonds is 9. The highest BCUT2D eigenvalue weighted by Gasteiger charge is 2.32. The summed E-state index contributed by atoms with van der Waals surface area (Å²) >= 11 is 4.97. The van der Waals surface area contributed by atoms with E-state index in [9.17, 15) is 9.59 Å². The number of carbonyl (C=O) groups excluding carboxylic acids is 2. The van der Waals surface area contributed by atoms with Crippen molar-refractivity contribution in [1.82, 2.24) is 10.2 Å². The van der Waals surface area contributed by atoms with Gasteiger partial charge in [0.2, 0.25) is 11.8 Å². The first kappa shape index (κ1) is 27.0. The van der Waals surface area contributed by atoms with Gasteiger partial charge in [-0.1, -0.05) is 76.1 Å². The van der Waals surface area contributed by atoms with Crippen LogP contribution in [0.3, 0.4) is 0 Å². The first-order valence-corrected chi connectivity index (χ1v) is 13.5. The first-order valence-electron chi connectivity index (χ1n) is 11.7. The second kappa shape index (κ2) is 12.4. The Bertz CT molecular complexity index is 1110. The second-order valence-electron chi connectivity index (χ2n) is 9.69. The van der Waals surface area contributed by atoms with Crippen LogP contribution in [0.25, 0.3) is 0 Å². The highest BCUT2D eigenvalue weighted by atomic mass is 79.9. The van der Waals surface area contributed by atoms with Crippen LogP contribution >= 0.6 is 27.7 Å². The molecule has 1 atom stereocenters. The van der Waals surface area contributed by atoms with Crippen molar-refractivity contribution in [2.75, 3.05) is 5.75 Å². The van der Waals surface area contributed by atoms with Crippen LogP contribution in [0, 0.1) is 6.92 Å². The van der Waals surface area contributed by atoms with Crippen LogP contribution in [0.1, 0.15) is 37.5 Å². The number of hydrogen-bond donors (Lipinski definition) is 1. The van der Waals surface area contributed by atoms with Crippen LogP contribution < -0.4 is 5.32 Å². The van der Waals surface area contributed by atoms with Gasteiger partial charge in [0.1, 0.15) is 6.04 Å². The van der Waals surface area contributed by atoms with Crippen LogP contribution in [0.15, 0.2) is 88.2 Å². The van der Waals surface area contributed by atoms with Crippen LogP contribution in [0.5, 0.6) is 0 Å². The van der Waals surface area contributed by atoms with E-state index in [-0.39, 0.29) is 17.6 Å². The standard InChI is InChI=1S/C29H33BrN2O2S/c1-21-10-16-25(17-11-21)35-20-27(33)32(19-23-12-14-24(30)15-13-23)26(28(34)31-29(2,3)4)18-22-8-6-5-7-9-22/h5-17,26H,18-20H2,1-4H3,(H,31,34)/t26-/m1/s1. The molecular formula is C29H33BrN2O2S. The molecule has 0 saturated carbocycles. The summed E-state index contributed by atoms with van der Waals surface area (Å²) in [4.78, 5) is 30.0. The Morgan fingerprint density at radius 3 is 2.14 bits per heavy atom. The molecule has 6 heteroatoms. The molecule has 3 aromatic carbocycles. The number of hydrogen-bond acceptors (Lipinski definition) is 3. The maximum atomic E-state index is 13.7. The molecule has 0 radical (unpaired) electrons. The van der Waals surface area contributed by atoms with Crippen molar-refractivity contribution in [2.24, 2.45) is 0 Å². The largest absolute Gasteiger partial charge is 0.350 e. The summed E-state index contributed by atoms with van der Waals surface area (Å²) in [6.07, 6.45) is 0.445. The van der Waals surface area contributed by atoms with E-state index in [1.165, 1.54) is 17.3 Å². The number of benzene rings is 3. The average molecular weight is 554 g/mol. The van der Waals surface area contributed by atoms with Crippen LogP contribution in [0.4, 0.5) is 0 Å². The van der Waals surface area contributed by atoms with Gasteiger partial charge in [0.15, 0.2) is 0 Å². The molecule has 3 aromatic rings. The number of halogens is 1. The van der Waals surface area contributed by atoms with Crippen molar-refractivity contribution in [3.05, 3.63) is 100 Å². The van der Waals surface area contributed by atoms with Gasteiger partial charge >= 0.3 is 0 Å². The molecule has 35 heavy (non-hydrogen) atoms. The van der Waals surface area contributed by atoms with Crippen molar-refractivity contribution in [3.8, 4) is 0 Å². The van der Waals surface area contributed by atoms with Gasteiger partial charge < -0.3 is 10.2 Å². The van der Waals surface area contributed by atoms with Crippen LogP contribution in [0.2, 0.25) is 0 Å². The van der Waals surface area contributed by atoms with Gasteiger partial charge in [-0.05, 0) is 63.1 Å². The van der Waals surface area contributed by atoms with Gasteiger partial charge in [-0.2, -0.15) is 0 Å². The number of nitrogens with one attached hydrogen (secondary N) is 1. The van der Waals surface area contributed by atoms with E-state index in [1.807, 2.05) is 107 Å². The summed E-state index contributed by atoms with van der Waals surface area (Å²) in [5.41, 5.74) is 2.76. The topological polar surface area (TPSA) is 49.4 Å². The summed E-state index contributed by atoms with van der Waals surface area (Å²) in [5, 5.41) is 3.10. The molecule has 0 aliphatic carbocycles. The normalized spacial score (nSPS) is 12.1.